The molecule has 22 heavy (non-hydrogen) atoms. The Morgan fingerprint density at radius 3 is 3.32 bits per heavy atom. The molecule has 0 radical (unpaired) electrons. The van der Waals surface area contributed by atoms with Crippen molar-refractivity contribution in [3.63, 3.8) is 0 Å². The Kier molecular flexibility index (Phi) is 1.36. The third-order valence-electron chi connectivity index (χ3n) is 5.30. The summed E-state index contributed by atoms with van der Waals surface area (Å²) in [6.07, 6.45) is -1.65. The van der Waals surface area contributed by atoms with Crippen LogP contribution in [0.3, 0.4) is 0 Å². The van der Waals surface area contributed by atoms with E-state index in [0.29, 0.717) is 0 Å². The molecule has 1 spiro atoms. The number of piperidine rings is 1. The van der Waals surface area contributed by atoms with Gasteiger partial charge in [-0.15, -0.1) is 0 Å². The number of methoxy groups -OCH3 is 1. The predicted octanol–water partition coefficient (Wildman–Crippen LogP) is 1.50. The molecule has 4 heteroatoms. The predicted molar refractivity (Wildman–Crippen MR) is 82.5 cm³/mol. The lowest BCUT2D eigenvalue weighted by molar-refractivity contribution is -0.0453. The van der Waals surface area contributed by atoms with Gasteiger partial charge in [0.2, 0.25) is 0 Å². The Morgan fingerprint density at radius 1 is 1.59 bits per heavy atom. The molecule has 2 aliphatic carbocycles. The molecule has 1 saturated heterocycles. The number of hydrogen-bond donors (Lipinski definition) is 1. The Balaban J connectivity index is 1.95. The average Bonchev–Trinajstić information content (AvgIpc) is 2.97. The minimum Gasteiger partial charge on any atom is -0.493 e. The highest BCUT2D eigenvalue weighted by Crippen LogP contribution is 2.62. The summed E-state index contributed by atoms with van der Waals surface area (Å²) in [6, 6.07) is -2.25. The maximum absolute atomic E-state index is 10.7. The van der Waals surface area contributed by atoms with Gasteiger partial charge in [-0.2, -0.15) is 0 Å². The molecule has 0 aromatic heterocycles. The molecule has 4 nitrogen and oxygen atoms in total. The largest absolute Gasteiger partial charge is 0.493 e. The first-order chi connectivity index (χ1) is 13.8. The van der Waals surface area contributed by atoms with E-state index in [1.807, 2.05) is 0 Å². The van der Waals surface area contributed by atoms with Crippen molar-refractivity contribution in [1.29, 1.82) is 0 Å². The molecule has 1 aromatic carbocycles. The number of rotatable bonds is 1. The van der Waals surface area contributed by atoms with Crippen molar-refractivity contribution in [2.75, 3.05) is 20.6 Å². The highest BCUT2D eigenvalue weighted by molar-refractivity contribution is 5.62. The van der Waals surface area contributed by atoms with Crippen LogP contribution in [0.4, 0.5) is 0 Å². The number of likely N-dealkylation sites (N-methyl/N-ethyl adjacent to an activating group) is 1. The van der Waals surface area contributed by atoms with E-state index in [1.165, 1.54) is 19.3 Å². The Labute approximate surface area is 141 Å². The van der Waals surface area contributed by atoms with E-state index in [4.69, 9.17) is 19.1 Å². The number of ether oxygens (including phenoxy) is 2. The van der Waals surface area contributed by atoms with Gasteiger partial charge >= 0.3 is 0 Å². The zero-order chi connectivity index (χ0) is 22.0. The van der Waals surface area contributed by atoms with Crippen LogP contribution in [0.2, 0.25) is 0 Å². The van der Waals surface area contributed by atoms with E-state index in [-0.39, 0.29) is 41.6 Å². The molecule has 1 N–H and O–H groups in total. The van der Waals surface area contributed by atoms with E-state index in [9.17, 15) is 6.48 Å². The Bertz CT molecular complexity index is 995. The van der Waals surface area contributed by atoms with Gasteiger partial charge in [-0.3, -0.25) is 0 Å². The van der Waals surface area contributed by atoms with Crippen LogP contribution in [0.15, 0.2) is 24.2 Å². The summed E-state index contributed by atoms with van der Waals surface area (Å²) in [5, 5.41) is 10.7. The first-order valence-electron chi connectivity index (χ1n) is 11.4. The normalized spacial score (nSPS) is 52.5. The molecule has 0 saturated carbocycles. The minimum atomic E-state index is -2.66. The van der Waals surface area contributed by atoms with Crippen molar-refractivity contribution in [3.8, 4) is 11.5 Å². The molecule has 0 amide bonds. The summed E-state index contributed by atoms with van der Waals surface area (Å²) < 4.78 is 79.4. The fraction of sp³-hybridized carbons (Fsp3) is 0.556. The third-order valence-corrected chi connectivity index (χ3v) is 5.30. The summed E-state index contributed by atoms with van der Waals surface area (Å²) in [5.41, 5.74) is -1.15. The highest BCUT2D eigenvalue weighted by atomic mass is 16.5. The first-order valence-corrected chi connectivity index (χ1v) is 7.37. The lowest BCUT2D eigenvalue weighted by Gasteiger charge is -2.56. The minimum absolute atomic E-state index is 0.0289. The number of likely N-dealkylation sites (tertiary alicyclic amines) is 1. The second-order valence-electron chi connectivity index (χ2n) is 6.17. The molecule has 1 fully saturated rings. The van der Waals surface area contributed by atoms with Crippen LogP contribution in [-0.2, 0) is 11.8 Å². The number of benzene rings is 1. The maximum atomic E-state index is 10.7. The van der Waals surface area contributed by atoms with E-state index in [0.717, 1.165) is 4.90 Å². The molecule has 2 bridgehead atoms. The van der Waals surface area contributed by atoms with Crippen LogP contribution in [0.1, 0.15) is 28.5 Å². The van der Waals surface area contributed by atoms with Gasteiger partial charge in [0.15, 0.2) is 11.5 Å². The Morgan fingerprint density at radius 2 is 2.50 bits per heavy atom. The van der Waals surface area contributed by atoms with Crippen molar-refractivity contribution >= 4 is 0 Å². The molecule has 116 valence electrons. The molecule has 2 aliphatic heterocycles. The highest BCUT2D eigenvalue weighted by Gasteiger charge is 2.64. The average molecular weight is 307 g/mol. The van der Waals surface area contributed by atoms with Gasteiger partial charge in [0.05, 0.1) is 9.85 Å². The molecular weight excluding hydrogens is 278 g/mol. The van der Waals surface area contributed by atoms with Crippen molar-refractivity contribution in [1.82, 2.24) is 4.90 Å². The summed E-state index contributed by atoms with van der Waals surface area (Å²) in [7, 11) is 1.32. The quantitative estimate of drug-likeness (QED) is 0.799. The van der Waals surface area contributed by atoms with Gasteiger partial charge in [0.25, 0.3) is 0 Å². The summed E-state index contributed by atoms with van der Waals surface area (Å²) in [4.78, 5) is 1.01. The monoisotopic (exact) mass is 307 g/mol. The molecule has 2 unspecified atom stereocenters. The van der Waals surface area contributed by atoms with Crippen LogP contribution in [0.25, 0.3) is 0 Å². The van der Waals surface area contributed by atoms with E-state index < -0.39 is 48.9 Å². The second kappa shape index (κ2) is 4.06. The molecule has 2 heterocycles. The lowest BCUT2D eigenvalue weighted by Crippen LogP contribution is -2.64. The topological polar surface area (TPSA) is 41.9 Å². The smallest absolute Gasteiger partial charge is 0.165 e. The molecule has 5 atom stereocenters. The number of aliphatic hydroxyl groups excluding tert-OH is 1. The third kappa shape index (κ3) is 1.28. The van der Waals surface area contributed by atoms with Gasteiger partial charge in [0, 0.05) is 31.1 Å². The van der Waals surface area contributed by atoms with Crippen LogP contribution in [-0.4, -0.2) is 48.9 Å². The summed E-state index contributed by atoms with van der Waals surface area (Å²) in [6.45, 7) is -2.69. The second-order valence-corrected chi connectivity index (χ2v) is 6.17. The van der Waals surface area contributed by atoms with Crippen molar-refractivity contribution in [2.45, 2.75) is 36.5 Å². The van der Waals surface area contributed by atoms with E-state index in [1.54, 1.807) is 0 Å². The molecule has 5 rings (SSSR count). The number of hydrogen-bond acceptors (Lipinski definition) is 4. The maximum Gasteiger partial charge on any atom is 0.165 e. The van der Waals surface area contributed by atoms with Crippen molar-refractivity contribution < 1.29 is 25.5 Å². The van der Waals surface area contributed by atoms with Gasteiger partial charge in [-0.05, 0) is 37.9 Å². The lowest BCUT2D eigenvalue weighted by atomic mass is 9.53. The van der Waals surface area contributed by atoms with Gasteiger partial charge in [0.1, 0.15) is 12.2 Å². The Hall–Kier alpha value is -1.52. The van der Waals surface area contributed by atoms with Gasteiger partial charge in [-0.1, -0.05) is 18.2 Å². The van der Waals surface area contributed by atoms with Crippen molar-refractivity contribution in [2.24, 2.45) is 5.89 Å². The van der Waals surface area contributed by atoms with Crippen LogP contribution >= 0.6 is 0 Å². The van der Waals surface area contributed by atoms with E-state index >= 15 is 0 Å². The zero-order valence-corrected chi connectivity index (χ0v) is 12.0. The van der Waals surface area contributed by atoms with E-state index in [2.05, 4.69) is 0 Å². The summed E-state index contributed by atoms with van der Waals surface area (Å²) in [5.74, 6) is -1.74. The standard InChI is InChI=1S/C18H21NO3/c1-19-8-7-18-11-4-5-13(20)17(18)22-16-14(21-2)6-3-10(15(16)18)9-12(11)19/h3-6,11-13,17,20H,7-9H2,1-2H3/t11-,12+,13?,17?,18-/m0/s1/i1D3,3D,6D,9D2,11D. The first kappa shape index (κ1) is 7.37. The fourth-order valence-corrected chi connectivity index (χ4v) is 4.38. The number of nitrogens with zero attached hydrogens (tertiary/aromatic N) is 1. The zero-order valence-electron chi connectivity index (χ0n) is 20.0. The van der Waals surface area contributed by atoms with Crippen LogP contribution in [0, 0.1) is 5.89 Å². The fourth-order valence-electron chi connectivity index (χ4n) is 4.38. The molecule has 1 aromatic rings. The SMILES string of the molecule is [2H]c1c([2H])c2c3c(c1OC)OC1C(O)C=C[C@@]4([2H])[C@H](N(C([2H])([2H])[2H])CC[C@]314)C2([2H])[2H]. The van der Waals surface area contributed by atoms with Gasteiger partial charge < -0.3 is 19.5 Å². The molecular formula is C18H21NO3. The van der Waals surface area contributed by atoms with Crippen LogP contribution < -0.4 is 9.47 Å². The molecule has 4 aliphatic rings. The van der Waals surface area contributed by atoms with Crippen molar-refractivity contribution in [3.05, 3.63) is 35.4 Å². The van der Waals surface area contributed by atoms with Crippen LogP contribution in [0.5, 0.6) is 11.5 Å². The number of aliphatic hydroxyl groups is 1. The van der Waals surface area contributed by atoms with Gasteiger partial charge in [-0.25, -0.2) is 0 Å². The summed E-state index contributed by atoms with van der Waals surface area (Å²) >= 11 is 0.